The fourth-order valence-corrected chi connectivity index (χ4v) is 4.04. The van der Waals surface area contributed by atoms with Crippen molar-refractivity contribution >= 4 is 5.97 Å². The van der Waals surface area contributed by atoms with Gasteiger partial charge in [0.25, 0.3) is 0 Å². The molecule has 6 heteroatoms. The van der Waals surface area contributed by atoms with E-state index in [9.17, 15) is 4.79 Å². The third-order valence-electron chi connectivity index (χ3n) is 5.61. The van der Waals surface area contributed by atoms with Gasteiger partial charge in [-0.2, -0.15) is 5.10 Å². The van der Waals surface area contributed by atoms with E-state index in [0.717, 1.165) is 48.3 Å². The highest BCUT2D eigenvalue weighted by atomic mass is 16.4. The summed E-state index contributed by atoms with van der Waals surface area (Å²) in [6.45, 7) is 5.87. The molecule has 158 valence electrons. The number of hydrogen-bond donors (Lipinski definition) is 2. The second-order valence-electron chi connectivity index (χ2n) is 7.61. The Morgan fingerprint density at radius 3 is 2.23 bits per heavy atom. The van der Waals surface area contributed by atoms with Crippen LogP contribution in [0, 0.1) is 12.8 Å². The lowest BCUT2D eigenvalue weighted by Crippen LogP contribution is -2.16. The molecule has 1 saturated carbocycles. The van der Waals surface area contributed by atoms with E-state index in [0.29, 0.717) is 24.1 Å². The Labute approximate surface area is 177 Å². The first kappa shape index (κ1) is 21.7. The van der Waals surface area contributed by atoms with Crippen molar-refractivity contribution in [3.8, 4) is 22.6 Å². The van der Waals surface area contributed by atoms with Crippen LogP contribution in [-0.2, 0) is 4.79 Å². The monoisotopic (exact) mass is 406 g/mol. The van der Waals surface area contributed by atoms with E-state index >= 15 is 0 Å². The Balaban J connectivity index is 0.00000124. The minimum Gasteiger partial charge on any atom is -0.481 e. The fourth-order valence-electron chi connectivity index (χ4n) is 4.04. The third-order valence-corrected chi connectivity index (χ3v) is 5.61. The van der Waals surface area contributed by atoms with Crippen LogP contribution in [-0.4, -0.2) is 31.2 Å². The van der Waals surface area contributed by atoms with E-state index in [-0.39, 0.29) is 0 Å². The molecule has 0 radical (unpaired) electrons. The van der Waals surface area contributed by atoms with Crippen LogP contribution in [0.5, 0.6) is 0 Å². The quantitative estimate of drug-likeness (QED) is 0.574. The Bertz CT molecular complexity index is 940. The number of hydrogen-bond acceptors (Lipinski definition) is 4. The van der Waals surface area contributed by atoms with Gasteiger partial charge in [0.2, 0.25) is 0 Å². The number of aliphatic carboxylic acids is 1. The Hall–Kier alpha value is -3.02. The number of benzene rings is 1. The van der Waals surface area contributed by atoms with Gasteiger partial charge in [-0.1, -0.05) is 38.1 Å². The fraction of sp³-hybridized carbons (Fsp3) is 0.417. The maximum absolute atomic E-state index is 10.9. The van der Waals surface area contributed by atoms with Crippen molar-refractivity contribution < 1.29 is 9.90 Å². The lowest BCUT2D eigenvalue weighted by atomic mass is 9.77. The van der Waals surface area contributed by atoms with E-state index in [2.05, 4.69) is 44.4 Å². The van der Waals surface area contributed by atoms with E-state index in [1.807, 2.05) is 32.9 Å². The van der Waals surface area contributed by atoms with Crippen molar-refractivity contribution in [1.29, 1.82) is 0 Å². The number of aromatic nitrogens is 4. The minimum absolute atomic E-state index is 0.306. The molecule has 1 aliphatic carbocycles. The molecule has 0 atom stereocenters. The average molecular weight is 407 g/mol. The molecule has 2 aromatic heterocycles. The Morgan fingerprint density at radius 2 is 1.70 bits per heavy atom. The number of H-pyrrole nitrogens is 1. The van der Waals surface area contributed by atoms with Crippen LogP contribution in [0.4, 0.5) is 0 Å². The molecule has 1 aromatic carbocycles. The van der Waals surface area contributed by atoms with E-state index in [1.165, 1.54) is 5.56 Å². The summed E-state index contributed by atoms with van der Waals surface area (Å²) in [5.41, 5.74) is 4.24. The summed E-state index contributed by atoms with van der Waals surface area (Å²) >= 11 is 0. The van der Waals surface area contributed by atoms with Crippen LogP contribution in [0.2, 0.25) is 0 Å². The molecule has 1 aliphatic rings. The van der Waals surface area contributed by atoms with Gasteiger partial charge in [-0.05, 0) is 62.1 Å². The number of nitrogens with one attached hydrogen (secondary N) is 1. The highest BCUT2D eigenvalue weighted by Gasteiger charge is 2.23. The summed E-state index contributed by atoms with van der Waals surface area (Å²) in [5, 5.41) is 16.0. The molecule has 0 spiro atoms. The predicted molar refractivity (Wildman–Crippen MR) is 118 cm³/mol. The first-order chi connectivity index (χ1) is 14.6. The lowest BCUT2D eigenvalue weighted by Gasteiger charge is -2.28. The summed E-state index contributed by atoms with van der Waals surface area (Å²) in [6.07, 6.45) is 6.25. The van der Waals surface area contributed by atoms with Gasteiger partial charge in [-0.3, -0.25) is 14.9 Å². The molecule has 4 rings (SSSR count). The Morgan fingerprint density at radius 1 is 1.03 bits per heavy atom. The van der Waals surface area contributed by atoms with Gasteiger partial charge >= 0.3 is 5.97 Å². The van der Waals surface area contributed by atoms with Crippen LogP contribution in [0.15, 0.2) is 42.6 Å². The molecule has 0 aliphatic heterocycles. The van der Waals surface area contributed by atoms with Crippen LogP contribution < -0.4 is 0 Å². The highest BCUT2D eigenvalue weighted by Crippen LogP contribution is 2.37. The van der Waals surface area contributed by atoms with Gasteiger partial charge < -0.3 is 5.11 Å². The summed E-state index contributed by atoms with van der Waals surface area (Å²) < 4.78 is 0. The summed E-state index contributed by atoms with van der Waals surface area (Å²) in [5.74, 6) is 1.63. The highest BCUT2D eigenvalue weighted by molar-refractivity contribution is 5.67. The number of aromatic amines is 1. The average Bonchev–Trinajstić information content (AvgIpc) is 3.22. The van der Waals surface area contributed by atoms with Crippen LogP contribution in [0.3, 0.4) is 0 Å². The number of pyridine rings is 1. The molecule has 2 N–H and O–H groups in total. The second-order valence-corrected chi connectivity index (χ2v) is 7.61. The largest absolute Gasteiger partial charge is 0.481 e. The van der Waals surface area contributed by atoms with Crippen molar-refractivity contribution in [2.24, 2.45) is 5.92 Å². The number of carboxylic acid groups (broad SMARTS) is 1. The lowest BCUT2D eigenvalue weighted by molar-refractivity contribution is -0.138. The van der Waals surface area contributed by atoms with Gasteiger partial charge in [0.05, 0.1) is 5.69 Å². The van der Waals surface area contributed by atoms with Crippen molar-refractivity contribution in [3.63, 3.8) is 0 Å². The standard InChI is InChI=1S/C22H24N4O2.C2H6/c1-14-24-22(26-25-14)19-10-11-20(23-13-19)18-8-6-17(7-9-18)16-4-2-15(3-5-16)12-21(27)28;1-2/h6-11,13,15-16H,2-5,12H2,1H3,(H,27,28)(H,24,25,26);1-2H3. The molecule has 0 amide bonds. The molecule has 0 saturated heterocycles. The molecular formula is C24H30N4O2. The van der Waals surface area contributed by atoms with Crippen molar-refractivity contribution in [2.75, 3.05) is 0 Å². The van der Waals surface area contributed by atoms with Crippen molar-refractivity contribution in [3.05, 3.63) is 54.0 Å². The van der Waals surface area contributed by atoms with Crippen molar-refractivity contribution in [2.45, 2.75) is 58.8 Å². The molecule has 0 bridgehead atoms. The number of aryl methyl sites for hydroxylation is 1. The first-order valence-corrected chi connectivity index (χ1v) is 10.8. The third kappa shape index (κ3) is 5.32. The number of rotatable bonds is 5. The maximum atomic E-state index is 10.9. The van der Waals surface area contributed by atoms with Gasteiger partial charge in [0, 0.05) is 23.7 Å². The molecule has 6 nitrogen and oxygen atoms in total. The van der Waals surface area contributed by atoms with E-state index in [4.69, 9.17) is 5.11 Å². The zero-order chi connectivity index (χ0) is 21.5. The van der Waals surface area contributed by atoms with Crippen LogP contribution in [0.1, 0.15) is 63.3 Å². The summed E-state index contributed by atoms with van der Waals surface area (Å²) in [4.78, 5) is 19.8. The smallest absolute Gasteiger partial charge is 0.303 e. The minimum atomic E-state index is -0.676. The van der Waals surface area contributed by atoms with Gasteiger partial charge in [-0.25, -0.2) is 4.98 Å². The van der Waals surface area contributed by atoms with E-state index < -0.39 is 5.97 Å². The topological polar surface area (TPSA) is 91.8 Å². The van der Waals surface area contributed by atoms with Crippen molar-refractivity contribution in [1.82, 2.24) is 20.2 Å². The van der Waals surface area contributed by atoms with Gasteiger partial charge in [0.1, 0.15) is 5.82 Å². The molecule has 30 heavy (non-hydrogen) atoms. The molecule has 3 aromatic rings. The second kappa shape index (κ2) is 10.1. The molecule has 0 unspecified atom stereocenters. The normalized spacial score (nSPS) is 18.4. The number of nitrogens with zero attached hydrogens (tertiary/aromatic N) is 3. The number of carboxylic acids is 1. The van der Waals surface area contributed by atoms with Gasteiger partial charge in [-0.15, -0.1) is 0 Å². The predicted octanol–water partition coefficient (Wildman–Crippen LogP) is 5.62. The molecule has 2 heterocycles. The summed E-state index contributed by atoms with van der Waals surface area (Å²) in [7, 11) is 0. The Kier molecular flexibility index (Phi) is 7.33. The number of carbonyl (C=O) groups is 1. The van der Waals surface area contributed by atoms with Crippen LogP contribution in [0.25, 0.3) is 22.6 Å². The molecule has 1 fully saturated rings. The van der Waals surface area contributed by atoms with Gasteiger partial charge in [0.15, 0.2) is 5.82 Å². The van der Waals surface area contributed by atoms with Crippen LogP contribution >= 0.6 is 0 Å². The zero-order valence-corrected chi connectivity index (χ0v) is 17.9. The van der Waals surface area contributed by atoms with E-state index in [1.54, 1.807) is 6.20 Å². The zero-order valence-electron chi connectivity index (χ0n) is 17.9. The maximum Gasteiger partial charge on any atom is 0.303 e. The first-order valence-electron chi connectivity index (χ1n) is 10.8. The summed E-state index contributed by atoms with van der Waals surface area (Å²) in [6, 6.07) is 12.6. The molecular weight excluding hydrogens is 376 g/mol. The SMILES string of the molecule is CC.Cc1nc(-c2ccc(-c3ccc(C4CCC(CC(=O)O)CC4)cc3)nc2)n[nH]1.